The van der Waals surface area contributed by atoms with Crippen molar-refractivity contribution < 1.29 is 9.53 Å². The summed E-state index contributed by atoms with van der Waals surface area (Å²) < 4.78 is 5.51. The number of rotatable bonds is 4. The molecule has 0 fully saturated rings. The van der Waals surface area contributed by atoms with Crippen molar-refractivity contribution in [3.05, 3.63) is 23.8 Å². The average Bonchev–Trinajstić information content (AvgIpc) is 2.41. The molecule has 5 heteroatoms. The first-order valence-electron chi connectivity index (χ1n) is 6.64. The lowest BCUT2D eigenvalue weighted by atomic mass is 9.91. The first kappa shape index (κ1) is 13.8. The van der Waals surface area contributed by atoms with Gasteiger partial charge in [0.25, 0.3) is 5.91 Å². The molecule has 0 aromatic heterocycles. The van der Waals surface area contributed by atoms with Crippen molar-refractivity contribution in [3.8, 4) is 5.75 Å². The molecule has 1 amide bonds. The van der Waals surface area contributed by atoms with E-state index in [9.17, 15) is 4.79 Å². The van der Waals surface area contributed by atoms with E-state index in [-0.39, 0.29) is 17.9 Å². The van der Waals surface area contributed by atoms with Crippen LogP contribution in [0.4, 0.5) is 5.69 Å². The highest BCUT2D eigenvalue weighted by Crippen LogP contribution is 2.33. The minimum atomic E-state index is -0.459. The van der Waals surface area contributed by atoms with Crippen LogP contribution < -0.4 is 21.5 Å². The highest BCUT2D eigenvalue weighted by atomic mass is 16.5. The van der Waals surface area contributed by atoms with Crippen molar-refractivity contribution in [2.75, 3.05) is 11.9 Å². The number of nitrogens with one attached hydrogen (secondary N) is 1. The molecule has 1 aromatic rings. The molecule has 0 bridgehead atoms. The fourth-order valence-corrected chi connectivity index (χ4v) is 2.27. The third kappa shape index (κ3) is 2.72. The number of amides is 1. The van der Waals surface area contributed by atoms with Gasteiger partial charge in [-0.15, -0.1) is 0 Å². The molecule has 3 unspecified atom stereocenters. The van der Waals surface area contributed by atoms with Crippen LogP contribution in [-0.2, 0) is 4.79 Å². The maximum atomic E-state index is 11.6. The minimum absolute atomic E-state index is 0.128. The molecule has 0 spiro atoms. The summed E-state index contributed by atoms with van der Waals surface area (Å²) in [7, 11) is 0. The number of carbonyl (C=O) groups is 1. The molecule has 0 aliphatic carbocycles. The predicted octanol–water partition coefficient (Wildman–Crippen LogP) is 1.39. The number of carbonyl (C=O) groups excluding carboxylic acids is 1. The number of hydrogen-bond acceptors (Lipinski definition) is 4. The number of ether oxygens (including phenoxy) is 1. The van der Waals surface area contributed by atoms with Gasteiger partial charge in [-0.05, 0) is 37.1 Å². The summed E-state index contributed by atoms with van der Waals surface area (Å²) in [6.45, 7) is 4.34. The molecule has 104 valence electrons. The molecule has 1 aliphatic rings. The van der Waals surface area contributed by atoms with Gasteiger partial charge in [-0.3, -0.25) is 4.79 Å². The second-order valence-corrected chi connectivity index (χ2v) is 4.93. The quantitative estimate of drug-likeness (QED) is 0.765. The number of benzene rings is 1. The zero-order valence-electron chi connectivity index (χ0n) is 11.3. The zero-order valence-corrected chi connectivity index (χ0v) is 11.3. The molecule has 0 radical (unpaired) electrons. The maximum Gasteiger partial charge on any atom is 0.265 e. The van der Waals surface area contributed by atoms with Crippen LogP contribution in [-0.4, -0.2) is 18.6 Å². The van der Waals surface area contributed by atoms with Crippen LogP contribution in [0, 0.1) is 5.92 Å². The lowest BCUT2D eigenvalue weighted by Gasteiger charge is -2.26. The Morgan fingerprint density at radius 1 is 1.47 bits per heavy atom. The van der Waals surface area contributed by atoms with Crippen LogP contribution in [0.3, 0.4) is 0 Å². The van der Waals surface area contributed by atoms with Crippen molar-refractivity contribution in [2.45, 2.75) is 32.4 Å². The summed E-state index contributed by atoms with van der Waals surface area (Å²) in [6, 6.07) is 5.54. The van der Waals surface area contributed by atoms with Gasteiger partial charge < -0.3 is 21.5 Å². The van der Waals surface area contributed by atoms with Crippen molar-refractivity contribution in [2.24, 2.45) is 17.4 Å². The maximum absolute atomic E-state index is 11.6. The second kappa shape index (κ2) is 5.59. The first-order chi connectivity index (χ1) is 9.06. The van der Waals surface area contributed by atoms with Crippen LogP contribution in [0.1, 0.15) is 31.9 Å². The topological polar surface area (TPSA) is 90.4 Å². The van der Waals surface area contributed by atoms with Crippen LogP contribution >= 0.6 is 0 Å². The summed E-state index contributed by atoms with van der Waals surface area (Å²) in [5.41, 5.74) is 13.6. The molecule has 2 rings (SSSR count). The van der Waals surface area contributed by atoms with Gasteiger partial charge in [0.1, 0.15) is 5.75 Å². The molecule has 1 heterocycles. The Labute approximate surface area is 113 Å². The van der Waals surface area contributed by atoms with E-state index in [4.69, 9.17) is 16.2 Å². The summed E-state index contributed by atoms with van der Waals surface area (Å²) in [6.07, 6.45) is 0.466. The Kier molecular flexibility index (Phi) is 4.07. The number of hydrogen-bond donors (Lipinski definition) is 3. The smallest absolute Gasteiger partial charge is 0.265 e. The Hall–Kier alpha value is -1.59. The molecule has 0 saturated heterocycles. The van der Waals surface area contributed by atoms with E-state index in [1.807, 2.05) is 18.2 Å². The summed E-state index contributed by atoms with van der Waals surface area (Å²) >= 11 is 0. The zero-order chi connectivity index (χ0) is 14.0. The number of nitrogens with two attached hydrogens (primary N) is 2. The van der Waals surface area contributed by atoms with Crippen molar-refractivity contribution in [3.63, 3.8) is 0 Å². The van der Waals surface area contributed by atoms with E-state index >= 15 is 0 Å². The van der Waals surface area contributed by atoms with Gasteiger partial charge in [-0.1, -0.05) is 19.4 Å². The molecule has 1 aromatic carbocycles. The Morgan fingerprint density at radius 2 is 2.21 bits per heavy atom. The largest absolute Gasteiger partial charge is 0.479 e. The van der Waals surface area contributed by atoms with E-state index in [0.717, 1.165) is 12.0 Å². The third-order valence-corrected chi connectivity index (χ3v) is 3.65. The van der Waals surface area contributed by atoms with E-state index < -0.39 is 6.10 Å². The second-order valence-electron chi connectivity index (χ2n) is 4.93. The van der Waals surface area contributed by atoms with Gasteiger partial charge >= 0.3 is 0 Å². The third-order valence-electron chi connectivity index (χ3n) is 3.65. The standard InChI is InChI=1S/C14H21N3O2/c1-3-9(7-15)13(16)10-4-5-12-11(6-10)17-14(18)8(2)19-12/h4-6,8-9,13H,3,7,15-16H2,1-2H3,(H,17,18). The molecular weight excluding hydrogens is 242 g/mol. The molecule has 3 atom stereocenters. The van der Waals surface area contributed by atoms with Gasteiger partial charge in [0, 0.05) is 6.04 Å². The van der Waals surface area contributed by atoms with Gasteiger partial charge in [0.15, 0.2) is 6.10 Å². The molecule has 1 aliphatic heterocycles. The lowest BCUT2D eigenvalue weighted by molar-refractivity contribution is -0.122. The summed E-state index contributed by atoms with van der Waals surface area (Å²) in [5.74, 6) is 0.783. The Balaban J connectivity index is 2.26. The van der Waals surface area contributed by atoms with E-state index in [1.54, 1.807) is 6.92 Å². The van der Waals surface area contributed by atoms with Crippen LogP contribution in [0.5, 0.6) is 5.75 Å². The van der Waals surface area contributed by atoms with E-state index in [1.165, 1.54) is 0 Å². The van der Waals surface area contributed by atoms with Crippen molar-refractivity contribution in [1.29, 1.82) is 0 Å². The van der Waals surface area contributed by atoms with E-state index in [2.05, 4.69) is 12.2 Å². The minimum Gasteiger partial charge on any atom is -0.479 e. The first-order valence-corrected chi connectivity index (χ1v) is 6.64. The van der Waals surface area contributed by atoms with Crippen molar-refractivity contribution >= 4 is 11.6 Å². The number of anilines is 1. The molecule has 19 heavy (non-hydrogen) atoms. The molecule has 5 nitrogen and oxygen atoms in total. The van der Waals surface area contributed by atoms with Crippen LogP contribution in [0.2, 0.25) is 0 Å². The average molecular weight is 263 g/mol. The normalized spacial score (nSPS) is 21.1. The van der Waals surface area contributed by atoms with Gasteiger partial charge in [-0.25, -0.2) is 0 Å². The highest BCUT2D eigenvalue weighted by Gasteiger charge is 2.25. The Bertz CT molecular complexity index is 472. The summed E-state index contributed by atoms with van der Waals surface area (Å²) in [5, 5.41) is 2.83. The molecular formula is C14H21N3O2. The van der Waals surface area contributed by atoms with Gasteiger partial charge in [0.05, 0.1) is 5.69 Å². The molecule has 5 N–H and O–H groups in total. The van der Waals surface area contributed by atoms with Gasteiger partial charge in [-0.2, -0.15) is 0 Å². The highest BCUT2D eigenvalue weighted by molar-refractivity contribution is 5.97. The van der Waals surface area contributed by atoms with E-state index in [0.29, 0.717) is 18.0 Å². The number of fused-ring (bicyclic) bond motifs is 1. The fraction of sp³-hybridized carbons (Fsp3) is 0.500. The Morgan fingerprint density at radius 3 is 2.84 bits per heavy atom. The predicted molar refractivity (Wildman–Crippen MR) is 74.9 cm³/mol. The van der Waals surface area contributed by atoms with Crippen LogP contribution in [0.15, 0.2) is 18.2 Å². The lowest BCUT2D eigenvalue weighted by Crippen LogP contribution is -2.34. The molecule has 0 saturated carbocycles. The van der Waals surface area contributed by atoms with Crippen molar-refractivity contribution in [1.82, 2.24) is 0 Å². The monoisotopic (exact) mass is 263 g/mol. The fourth-order valence-electron chi connectivity index (χ4n) is 2.27. The summed E-state index contributed by atoms with van der Waals surface area (Å²) in [4.78, 5) is 11.6. The van der Waals surface area contributed by atoms with Gasteiger partial charge in [0.2, 0.25) is 0 Å². The SMILES string of the molecule is CCC(CN)C(N)c1ccc2c(c1)NC(=O)C(C)O2. The van der Waals surface area contributed by atoms with Crippen LogP contribution in [0.25, 0.3) is 0 Å².